The normalized spacial score (nSPS) is 14.7. The highest BCUT2D eigenvalue weighted by Gasteiger charge is 2.26. The van der Waals surface area contributed by atoms with Gasteiger partial charge in [-0.1, -0.05) is 19.1 Å². The van der Waals surface area contributed by atoms with Crippen molar-refractivity contribution in [3.63, 3.8) is 0 Å². The number of rotatable bonds is 2. The quantitative estimate of drug-likeness (QED) is 0.842. The van der Waals surface area contributed by atoms with Crippen molar-refractivity contribution < 1.29 is 9.59 Å². The van der Waals surface area contributed by atoms with Crippen LogP contribution in [0.1, 0.15) is 44.7 Å². The molecule has 0 saturated heterocycles. The molecule has 0 aliphatic carbocycles. The van der Waals surface area contributed by atoms with Gasteiger partial charge in [0, 0.05) is 23.4 Å². The minimum atomic E-state index is 0.00171. The average molecular weight is 299 g/mol. The number of aryl methyl sites for hydroxylation is 1. The second kappa shape index (κ2) is 5.82. The van der Waals surface area contributed by atoms with E-state index in [-0.39, 0.29) is 11.7 Å². The highest BCUT2D eigenvalue weighted by atomic mass is 32.1. The summed E-state index contributed by atoms with van der Waals surface area (Å²) in [6.45, 7) is 2.68. The first-order valence-electron chi connectivity index (χ1n) is 7.23. The molecule has 0 fully saturated rings. The van der Waals surface area contributed by atoms with Gasteiger partial charge in [0.15, 0.2) is 5.78 Å². The zero-order valence-electron chi connectivity index (χ0n) is 12.0. The number of ketones is 1. The molecule has 4 heteroatoms. The van der Waals surface area contributed by atoms with E-state index >= 15 is 0 Å². The third kappa shape index (κ3) is 2.63. The van der Waals surface area contributed by atoms with Gasteiger partial charge in [-0.15, -0.1) is 11.3 Å². The fraction of sp³-hybridized carbons (Fsp3) is 0.294. The van der Waals surface area contributed by atoms with E-state index in [4.69, 9.17) is 0 Å². The maximum Gasteiger partial charge on any atom is 0.268 e. The molecule has 1 aliphatic heterocycles. The number of amides is 1. The lowest BCUT2D eigenvalue weighted by Gasteiger charge is -2.21. The largest absolute Gasteiger partial charge is 0.307 e. The molecule has 0 radical (unpaired) electrons. The van der Waals surface area contributed by atoms with Gasteiger partial charge in [-0.2, -0.15) is 0 Å². The van der Waals surface area contributed by atoms with Crippen LogP contribution in [0.4, 0.5) is 5.69 Å². The molecule has 108 valence electrons. The third-order valence-electron chi connectivity index (χ3n) is 3.75. The summed E-state index contributed by atoms with van der Waals surface area (Å²) in [6, 6.07) is 11.3. The van der Waals surface area contributed by atoms with Crippen molar-refractivity contribution in [1.82, 2.24) is 0 Å². The topological polar surface area (TPSA) is 37.4 Å². The van der Waals surface area contributed by atoms with Crippen molar-refractivity contribution in [3.8, 4) is 0 Å². The zero-order chi connectivity index (χ0) is 14.8. The monoisotopic (exact) mass is 299 g/mol. The van der Waals surface area contributed by atoms with Crippen LogP contribution >= 0.6 is 11.3 Å². The van der Waals surface area contributed by atoms with Crippen molar-refractivity contribution in [1.29, 1.82) is 0 Å². The molecular weight excluding hydrogens is 282 g/mol. The fourth-order valence-electron chi connectivity index (χ4n) is 2.62. The molecule has 0 unspecified atom stereocenters. The number of hydrogen-bond acceptors (Lipinski definition) is 3. The average Bonchev–Trinajstić information content (AvgIpc) is 2.93. The maximum atomic E-state index is 12.8. The number of hydrogen-bond donors (Lipinski definition) is 0. The Morgan fingerprint density at radius 1 is 1.24 bits per heavy atom. The molecule has 0 bridgehead atoms. The van der Waals surface area contributed by atoms with E-state index in [2.05, 4.69) is 6.92 Å². The first kappa shape index (κ1) is 14.0. The molecule has 3 nitrogen and oxygen atoms in total. The highest BCUT2D eigenvalue weighted by molar-refractivity contribution is 7.14. The van der Waals surface area contributed by atoms with Gasteiger partial charge in [0.25, 0.3) is 5.91 Å². The Kier molecular flexibility index (Phi) is 3.88. The molecule has 0 saturated carbocycles. The lowest BCUT2D eigenvalue weighted by molar-refractivity contribution is 0.0975. The van der Waals surface area contributed by atoms with Crippen LogP contribution in [-0.4, -0.2) is 18.2 Å². The van der Waals surface area contributed by atoms with Gasteiger partial charge in [-0.3, -0.25) is 9.59 Å². The number of carbonyl (C=O) groups excluding carboxylic acids is 2. The molecule has 1 aromatic heterocycles. The number of nitrogens with zero attached hydrogens (tertiary/aromatic N) is 1. The molecule has 0 atom stereocenters. The van der Waals surface area contributed by atoms with Crippen molar-refractivity contribution in [2.75, 3.05) is 11.4 Å². The maximum absolute atomic E-state index is 12.8. The molecule has 0 N–H and O–H groups in total. The number of carbonyl (C=O) groups is 2. The van der Waals surface area contributed by atoms with Crippen LogP contribution in [0, 0.1) is 0 Å². The van der Waals surface area contributed by atoms with E-state index in [9.17, 15) is 9.59 Å². The predicted molar refractivity (Wildman–Crippen MR) is 85.4 cm³/mol. The molecule has 1 amide bonds. The van der Waals surface area contributed by atoms with Gasteiger partial charge in [0.2, 0.25) is 0 Å². The Labute approximate surface area is 128 Å². The number of fused-ring (bicyclic) bond motifs is 1. The summed E-state index contributed by atoms with van der Waals surface area (Å²) in [5.74, 6) is 0.128. The van der Waals surface area contributed by atoms with Crippen LogP contribution in [0.15, 0.2) is 36.4 Å². The minimum absolute atomic E-state index is 0.00171. The van der Waals surface area contributed by atoms with E-state index in [0.29, 0.717) is 24.9 Å². The van der Waals surface area contributed by atoms with Crippen LogP contribution in [0.5, 0.6) is 0 Å². The van der Waals surface area contributed by atoms with Gasteiger partial charge in [-0.05, 0) is 37.1 Å². The Balaban J connectivity index is 1.99. The summed E-state index contributed by atoms with van der Waals surface area (Å²) in [5.41, 5.74) is 1.41. The van der Waals surface area contributed by atoms with Crippen LogP contribution in [-0.2, 0) is 6.42 Å². The number of anilines is 1. The van der Waals surface area contributed by atoms with Gasteiger partial charge in [0.1, 0.15) is 0 Å². The molecule has 1 aromatic carbocycles. The summed E-state index contributed by atoms with van der Waals surface area (Å²) >= 11 is 1.54. The Bertz CT molecular complexity index is 690. The number of thiophene rings is 1. The molecule has 2 aromatic rings. The van der Waals surface area contributed by atoms with Gasteiger partial charge < -0.3 is 4.90 Å². The first-order chi connectivity index (χ1) is 10.2. The smallest absolute Gasteiger partial charge is 0.268 e. The van der Waals surface area contributed by atoms with Crippen LogP contribution in [0.25, 0.3) is 0 Å². The van der Waals surface area contributed by atoms with E-state index < -0.39 is 0 Å². The highest BCUT2D eigenvalue weighted by Crippen LogP contribution is 2.29. The number of para-hydroxylation sites is 1. The van der Waals surface area contributed by atoms with Crippen LogP contribution in [0.2, 0.25) is 0 Å². The van der Waals surface area contributed by atoms with Gasteiger partial charge >= 0.3 is 0 Å². The Morgan fingerprint density at radius 2 is 2.05 bits per heavy atom. The summed E-state index contributed by atoms with van der Waals surface area (Å²) in [5, 5.41) is 0. The van der Waals surface area contributed by atoms with Gasteiger partial charge in [0.05, 0.1) is 10.6 Å². The molecule has 0 spiro atoms. The van der Waals surface area contributed by atoms with Crippen molar-refractivity contribution in [2.45, 2.75) is 26.2 Å². The minimum Gasteiger partial charge on any atom is -0.307 e. The molecule has 1 aliphatic rings. The molecular formula is C17H17NO2S. The van der Waals surface area contributed by atoms with E-state index in [0.717, 1.165) is 17.0 Å². The van der Waals surface area contributed by atoms with E-state index in [1.165, 1.54) is 4.88 Å². The van der Waals surface area contributed by atoms with E-state index in [1.54, 1.807) is 16.2 Å². The van der Waals surface area contributed by atoms with E-state index in [1.807, 2.05) is 36.4 Å². The zero-order valence-corrected chi connectivity index (χ0v) is 12.8. The lowest BCUT2D eigenvalue weighted by atomic mass is 10.1. The van der Waals surface area contributed by atoms with Crippen molar-refractivity contribution >= 4 is 28.7 Å². The van der Waals surface area contributed by atoms with Crippen molar-refractivity contribution in [2.24, 2.45) is 0 Å². The SMILES string of the molecule is CCc1ccc(C(=O)N2CCCC(=O)c3ccccc32)s1. The Hall–Kier alpha value is -1.94. The second-order valence-electron chi connectivity index (χ2n) is 5.12. The summed E-state index contributed by atoms with van der Waals surface area (Å²) < 4.78 is 0. The Morgan fingerprint density at radius 3 is 2.81 bits per heavy atom. The van der Waals surface area contributed by atoms with Crippen LogP contribution in [0.3, 0.4) is 0 Å². The predicted octanol–water partition coefficient (Wildman–Crippen LogP) is 3.93. The van der Waals surface area contributed by atoms with Crippen molar-refractivity contribution in [3.05, 3.63) is 51.7 Å². The fourth-order valence-corrected chi connectivity index (χ4v) is 3.52. The van der Waals surface area contributed by atoms with Gasteiger partial charge in [-0.25, -0.2) is 0 Å². The number of Topliss-reactive ketones (excluding diaryl/α,β-unsaturated/α-hetero) is 1. The number of benzene rings is 1. The molecule has 2 heterocycles. The van der Waals surface area contributed by atoms with Crippen LogP contribution < -0.4 is 4.90 Å². The summed E-state index contributed by atoms with van der Waals surface area (Å²) in [4.78, 5) is 28.6. The molecule has 3 rings (SSSR count). The lowest BCUT2D eigenvalue weighted by Crippen LogP contribution is -2.31. The first-order valence-corrected chi connectivity index (χ1v) is 8.05. The summed E-state index contributed by atoms with van der Waals surface area (Å²) in [6.07, 6.45) is 2.16. The molecule has 21 heavy (non-hydrogen) atoms. The third-order valence-corrected chi connectivity index (χ3v) is 4.96. The standard InChI is InChI=1S/C17H17NO2S/c1-2-12-9-10-16(21-12)17(20)18-11-5-8-15(19)13-6-3-4-7-14(13)18/h3-4,6-7,9-10H,2,5,8,11H2,1H3. The second-order valence-corrected chi connectivity index (χ2v) is 6.29. The summed E-state index contributed by atoms with van der Waals surface area (Å²) in [7, 11) is 0.